The summed E-state index contributed by atoms with van der Waals surface area (Å²) in [4.78, 5) is 58.9. The molecule has 0 heterocycles. The number of imide groups is 2. The maximum absolute atomic E-state index is 14.7. The fourth-order valence-corrected chi connectivity index (χ4v) is 5.93. The third kappa shape index (κ3) is 10.4. The van der Waals surface area contributed by atoms with Crippen LogP contribution in [-0.2, 0) is 24.5 Å². The minimum Gasteiger partial charge on any atom is -0.443 e. The number of anilines is 3. The number of nitrogens with zero attached hydrogens (tertiary/aromatic N) is 2. The van der Waals surface area contributed by atoms with E-state index in [4.69, 9.17) is 24.7 Å². The number of amides is 4. The summed E-state index contributed by atoms with van der Waals surface area (Å²) in [5.74, 6) is 0. The molecule has 3 aromatic carbocycles. The first-order valence-electron chi connectivity index (χ1n) is 18.6. The fraction of sp³-hybridized carbons (Fsp3) is 0.409. The summed E-state index contributed by atoms with van der Waals surface area (Å²) < 4.78 is 22.5. The van der Waals surface area contributed by atoms with Crippen molar-refractivity contribution in [1.29, 1.82) is 0 Å². The number of hydrogen-bond acceptors (Lipinski definition) is 10. The molecule has 12 nitrogen and oxygen atoms in total. The number of allylic oxidation sites excluding steroid dienone is 1. The van der Waals surface area contributed by atoms with Gasteiger partial charge in [-0.3, -0.25) is 0 Å². The number of carbonyl (C=O) groups excluding carboxylic acids is 4. The molecule has 0 aliphatic heterocycles. The lowest BCUT2D eigenvalue weighted by Crippen LogP contribution is -2.61. The second kappa shape index (κ2) is 15.9. The molecule has 1 atom stereocenters. The van der Waals surface area contributed by atoms with E-state index in [2.05, 4.69) is 5.32 Å². The lowest BCUT2D eigenvalue weighted by Gasteiger charge is -2.43. The standard InChI is InChI=1S/C44H57N4O8/c1-40(2,3)53-36(49)47(37(50)54-41(4,5)6)44(30-18-22-33(23-19-30)46-32-16-14-13-15-17-32)28-26-35(27-29-44)48(38(51)55-42(7,8)9,39(52)56-43(10,11)12)34-24-20-31(45)21-25-34/h13-28,46H,29,45H2,1-12H3/q+1. The monoisotopic (exact) mass is 769 g/mol. The van der Waals surface area contributed by atoms with E-state index in [1.807, 2.05) is 42.5 Å². The van der Waals surface area contributed by atoms with E-state index < -0.39 is 56.8 Å². The first-order valence-corrected chi connectivity index (χ1v) is 18.6. The Morgan fingerprint density at radius 1 is 0.625 bits per heavy atom. The number of rotatable bonds is 6. The van der Waals surface area contributed by atoms with Gasteiger partial charge in [0, 0.05) is 35.6 Å². The van der Waals surface area contributed by atoms with Crippen molar-refractivity contribution in [2.75, 3.05) is 11.1 Å². The van der Waals surface area contributed by atoms with Crippen LogP contribution in [0.25, 0.3) is 0 Å². The van der Waals surface area contributed by atoms with Gasteiger partial charge in [0.1, 0.15) is 27.9 Å². The van der Waals surface area contributed by atoms with Crippen molar-refractivity contribution in [1.82, 2.24) is 9.38 Å². The van der Waals surface area contributed by atoms with E-state index in [1.165, 1.54) is 6.08 Å². The largest absolute Gasteiger partial charge is 0.537 e. The Kier molecular flexibility index (Phi) is 12.2. The molecule has 56 heavy (non-hydrogen) atoms. The second-order valence-electron chi connectivity index (χ2n) is 17.7. The van der Waals surface area contributed by atoms with Crippen molar-refractivity contribution < 1.29 is 38.1 Å². The Bertz CT molecular complexity index is 1900. The molecular formula is C44H57N4O8+. The normalized spacial score (nSPS) is 16.2. The lowest BCUT2D eigenvalue weighted by molar-refractivity contribution is -0.0185. The Morgan fingerprint density at radius 2 is 1.07 bits per heavy atom. The molecule has 0 saturated carbocycles. The number of nitrogens with one attached hydrogen (secondary N) is 1. The van der Waals surface area contributed by atoms with Crippen LogP contribution in [0.5, 0.6) is 0 Å². The molecule has 3 aromatic rings. The minimum absolute atomic E-state index is 0.122. The van der Waals surface area contributed by atoms with E-state index in [-0.39, 0.29) is 17.8 Å². The number of nitrogen functional groups attached to an aromatic ring is 1. The summed E-state index contributed by atoms with van der Waals surface area (Å²) in [6.07, 6.45) is 0.850. The van der Waals surface area contributed by atoms with E-state index in [9.17, 15) is 19.2 Å². The molecule has 300 valence electrons. The van der Waals surface area contributed by atoms with Gasteiger partial charge in [-0.05, 0) is 143 Å². The van der Waals surface area contributed by atoms with Gasteiger partial charge >= 0.3 is 24.4 Å². The summed E-state index contributed by atoms with van der Waals surface area (Å²) in [5, 5.41) is 3.35. The maximum atomic E-state index is 14.7. The summed E-state index contributed by atoms with van der Waals surface area (Å²) in [7, 11) is 0. The van der Waals surface area contributed by atoms with Crippen LogP contribution in [0.4, 0.5) is 41.9 Å². The van der Waals surface area contributed by atoms with Gasteiger partial charge in [-0.2, -0.15) is 14.5 Å². The van der Waals surface area contributed by atoms with E-state index in [0.29, 0.717) is 11.3 Å². The Hall–Kier alpha value is -5.62. The minimum atomic E-state index is -1.59. The van der Waals surface area contributed by atoms with Gasteiger partial charge in [-0.15, -0.1) is 0 Å². The van der Waals surface area contributed by atoms with Gasteiger partial charge in [0.2, 0.25) is 0 Å². The van der Waals surface area contributed by atoms with Crippen molar-refractivity contribution in [3.8, 4) is 0 Å². The highest BCUT2D eigenvalue weighted by Gasteiger charge is 2.58. The highest BCUT2D eigenvalue weighted by Crippen LogP contribution is 2.44. The van der Waals surface area contributed by atoms with Crippen molar-refractivity contribution in [2.45, 2.75) is 117 Å². The molecule has 0 fully saturated rings. The molecule has 4 rings (SSSR count). The zero-order valence-corrected chi connectivity index (χ0v) is 34.7. The predicted molar refractivity (Wildman–Crippen MR) is 219 cm³/mol. The predicted octanol–water partition coefficient (Wildman–Crippen LogP) is 11.1. The van der Waals surface area contributed by atoms with Gasteiger partial charge in [0.05, 0.1) is 0 Å². The van der Waals surface area contributed by atoms with Crippen LogP contribution in [-0.4, -0.2) is 51.7 Å². The zero-order chi connectivity index (χ0) is 41.9. The molecule has 0 saturated heterocycles. The van der Waals surface area contributed by atoms with Crippen molar-refractivity contribution in [3.63, 3.8) is 0 Å². The van der Waals surface area contributed by atoms with Gasteiger partial charge < -0.3 is 30.0 Å². The van der Waals surface area contributed by atoms with Crippen LogP contribution in [0.15, 0.2) is 103 Å². The summed E-state index contributed by atoms with van der Waals surface area (Å²) in [6.45, 7) is 20.4. The number of quaternary nitrogens is 1. The van der Waals surface area contributed by atoms with Crippen LogP contribution in [0, 0.1) is 0 Å². The maximum Gasteiger partial charge on any atom is 0.537 e. The van der Waals surface area contributed by atoms with Gasteiger partial charge in [-0.1, -0.05) is 34.8 Å². The molecule has 1 aliphatic rings. The van der Waals surface area contributed by atoms with Crippen LogP contribution in [0.3, 0.4) is 0 Å². The smallest absolute Gasteiger partial charge is 0.443 e. The molecule has 1 aliphatic carbocycles. The number of para-hydroxylation sites is 1. The summed E-state index contributed by atoms with van der Waals surface area (Å²) in [6, 6.07) is 23.1. The van der Waals surface area contributed by atoms with Crippen LogP contribution >= 0.6 is 0 Å². The molecule has 4 amide bonds. The molecule has 0 bridgehead atoms. The molecular weight excluding hydrogens is 713 g/mol. The number of benzene rings is 3. The third-order valence-corrected chi connectivity index (χ3v) is 8.15. The van der Waals surface area contributed by atoms with E-state index in [1.54, 1.807) is 132 Å². The van der Waals surface area contributed by atoms with Crippen molar-refractivity contribution in [3.05, 3.63) is 108 Å². The highest BCUT2D eigenvalue weighted by molar-refractivity contribution is 6.07. The second-order valence-corrected chi connectivity index (χ2v) is 17.7. The highest BCUT2D eigenvalue weighted by atomic mass is 16.6. The number of nitrogens with two attached hydrogens (primary N) is 1. The van der Waals surface area contributed by atoms with Crippen molar-refractivity contribution >= 4 is 47.1 Å². The molecule has 0 spiro atoms. The fourth-order valence-electron chi connectivity index (χ4n) is 5.93. The lowest BCUT2D eigenvalue weighted by atomic mass is 9.81. The van der Waals surface area contributed by atoms with E-state index >= 15 is 0 Å². The average Bonchev–Trinajstić information content (AvgIpc) is 3.04. The van der Waals surface area contributed by atoms with Crippen LogP contribution in [0.2, 0.25) is 0 Å². The zero-order valence-electron chi connectivity index (χ0n) is 34.7. The SMILES string of the molecule is CC(C)(C)OC(=O)N(C(=O)OC(C)(C)C)C1(c2ccc(Nc3ccccc3)cc2)C=CC([N+](C(=O)OC(C)(C)C)(C(=O)OC(C)(C)C)c2ccc(N)cc2)=CC1. The molecule has 12 heteroatoms. The van der Waals surface area contributed by atoms with Crippen LogP contribution in [0.1, 0.15) is 95.1 Å². The number of ether oxygens (including phenoxy) is 4. The average molecular weight is 770 g/mol. The van der Waals surface area contributed by atoms with Gasteiger partial charge in [-0.25, -0.2) is 9.59 Å². The van der Waals surface area contributed by atoms with Crippen molar-refractivity contribution in [2.24, 2.45) is 0 Å². The third-order valence-electron chi connectivity index (χ3n) is 8.15. The number of hydrogen-bond donors (Lipinski definition) is 2. The molecule has 3 N–H and O–H groups in total. The molecule has 1 unspecified atom stereocenters. The molecule has 0 radical (unpaired) electrons. The van der Waals surface area contributed by atoms with Crippen LogP contribution < -0.4 is 15.5 Å². The Labute approximate surface area is 330 Å². The van der Waals surface area contributed by atoms with Gasteiger partial charge in [0.15, 0.2) is 11.4 Å². The van der Waals surface area contributed by atoms with E-state index in [0.717, 1.165) is 16.3 Å². The molecule has 0 aromatic heterocycles. The summed E-state index contributed by atoms with van der Waals surface area (Å²) >= 11 is 0. The Balaban J connectivity index is 2.01. The first kappa shape index (κ1) is 43.1. The summed E-state index contributed by atoms with van der Waals surface area (Å²) in [5.41, 5.74) is 3.35. The first-order chi connectivity index (χ1) is 25.8. The number of carbonyl (C=O) groups is 4. The Morgan fingerprint density at radius 3 is 1.48 bits per heavy atom. The van der Waals surface area contributed by atoms with Gasteiger partial charge in [0.25, 0.3) is 0 Å². The quantitative estimate of drug-likeness (QED) is 0.141. The topological polar surface area (TPSA) is 146 Å².